The van der Waals surface area contributed by atoms with E-state index in [0.29, 0.717) is 35.4 Å². The van der Waals surface area contributed by atoms with Crippen LogP contribution in [0.5, 0.6) is 11.5 Å². The Labute approximate surface area is 232 Å². The molecule has 212 valence electrons. The first-order chi connectivity index (χ1) is 19.2. The number of allylic oxidation sites excluding steroid dienone is 1. The van der Waals surface area contributed by atoms with Crippen LogP contribution in [-0.2, 0) is 9.53 Å². The SMILES string of the molecule is CCOc1cc([C@H]2NC(=O)NC(C)=C2C(=O)OC)ccc1OC[C@H](O)N/N=C/c1cn(C(C)C)c2ccccc12. The Balaban J connectivity index is 1.45. The van der Waals surface area contributed by atoms with Gasteiger partial charge in [0.05, 0.1) is 31.5 Å². The van der Waals surface area contributed by atoms with E-state index < -0.39 is 24.3 Å². The van der Waals surface area contributed by atoms with Crippen LogP contribution in [-0.4, -0.2) is 54.4 Å². The van der Waals surface area contributed by atoms with Crippen LogP contribution in [0.25, 0.3) is 10.9 Å². The molecule has 1 aliphatic heterocycles. The van der Waals surface area contributed by atoms with Crippen LogP contribution in [0.4, 0.5) is 4.79 Å². The number of carbonyl (C=O) groups excluding carboxylic acids is 2. The number of carbonyl (C=O) groups is 2. The number of hydrazone groups is 1. The average Bonchev–Trinajstić information content (AvgIpc) is 3.30. The largest absolute Gasteiger partial charge is 0.490 e. The lowest BCUT2D eigenvalue weighted by atomic mass is 9.95. The van der Waals surface area contributed by atoms with Crippen molar-refractivity contribution in [2.75, 3.05) is 20.3 Å². The Bertz CT molecular complexity index is 1440. The van der Waals surface area contributed by atoms with Gasteiger partial charge in [0.1, 0.15) is 6.61 Å². The smallest absolute Gasteiger partial charge is 0.337 e. The summed E-state index contributed by atoms with van der Waals surface area (Å²) < 4.78 is 18.7. The van der Waals surface area contributed by atoms with Crippen molar-refractivity contribution in [2.45, 2.75) is 46.0 Å². The van der Waals surface area contributed by atoms with Gasteiger partial charge in [-0.1, -0.05) is 24.3 Å². The minimum Gasteiger partial charge on any atom is -0.490 e. The van der Waals surface area contributed by atoms with Gasteiger partial charge < -0.3 is 34.5 Å². The third-order valence-electron chi connectivity index (χ3n) is 6.43. The van der Waals surface area contributed by atoms with E-state index in [9.17, 15) is 14.7 Å². The summed E-state index contributed by atoms with van der Waals surface area (Å²) in [5, 5.41) is 21.1. The van der Waals surface area contributed by atoms with Crippen molar-refractivity contribution in [2.24, 2.45) is 5.10 Å². The second-order valence-corrected chi connectivity index (χ2v) is 9.52. The van der Waals surface area contributed by atoms with Gasteiger partial charge in [-0.15, -0.1) is 0 Å². The number of rotatable bonds is 11. The number of hydrogen-bond donors (Lipinski definition) is 4. The predicted molar refractivity (Wildman–Crippen MR) is 151 cm³/mol. The lowest BCUT2D eigenvalue weighted by molar-refractivity contribution is -0.136. The molecule has 11 nitrogen and oxygen atoms in total. The van der Waals surface area contributed by atoms with Crippen molar-refractivity contribution < 1.29 is 28.9 Å². The van der Waals surface area contributed by atoms with E-state index in [1.54, 1.807) is 31.3 Å². The average molecular weight is 550 g/mol. The van der Waals surface area contributed by atoms with Crippen LogP contribution in [0.2, 0.25) is 0 Å². The molecule has 2 atom stereocenters. The zero-order chi connectivity index (χ0) is 28.8. The molecule has 0 saturated carbocycles. The molecule has 4 rings (SSSR count). The van der Waals surface area contributed by atoms with Crippen molar-refractivity contribution >= 4 is 29.1 Å². The number of aliphatic hydroxyl groups is 1. The molecule has 2 heterocycles. The van der Waals surface area contributed by atoms with Gasteiger partial charge in [0.15, 0.2) is 17.7 Å². The molecular weight excluding hydrogens is 514 g/mol. The summed E-state index contributed by atoms with van der Waals surface area (Å²) in [7, 11) is 1.28. The fourth-order valence-corrected chi connectivity index (χ4v) is 4.58. The fraction of sp³-hybridized carbons (Fsp3) is 0.345. The standard InChI is InChI=1S/C29H35N5O6/c1-6-39-24-13-19(27-26(28(36)38-5)18(4)31-29(37)32-27)11-12-23(24)40-16-25(35)33-30-14-20-15-34(17(2)3)22-10-8-7-9-21(20)22/h7-15,17,25,27,33,35H,6,16H2,1-5H3,(H2,31,32,37)/b30-14+/t25-,27+/m0/s1. The summed E-state index contributed by atoms with van der Waals surface area (Å²) in [6.45, 7) is 7.95. The van der Waals surface area contributed by atoms with E-state index >= 15 is 0 Å². The quantitative estimate of drug-likeness (QED) is 0.124. The lowest BCUT2D eigenvalue weighted by Crippen LogP contribution is -2.45. The van der Waals surface area contributed by atoms with E-state index in [-0.39, 0.29) is 12.2 Å². The number of urea groups is 1. The molecule has 40 heavy (non-hydrogen) atoms. The zero-order valence-corrected chi connectivity index (χ0v) is 23.2. The number of aromatic nitrogens is 1. The van der Waals surface area contributed by atoms with Gasteiger partial charge in [0, 0.05) is 34.4 Å². The highest BCUT2D eigenvalue weighted by molar-refractivity contribution is 5.99. The lowest BCUT2D eigenvalue weighted by Gasteiger charge is -2.28. The summed E-state index contributed by atoms with van der Waals surface area (Å²) in [6, 6.07) is 12.3. The van der Waals surface area contributed by atoms with Gasteiger partial charge in [0.2, 0.25) is 0 Å². The highest BCUT2D eigenvalue weighted by Crippen LogP contribution is 2.35. The Kier molecular flexibility index (Phi) is 8.95. The fourth-order valence-electron chi connectivity index (χ4n) is 4.58. The Morgan fingerprint density at radius 1 is 1.20 bits per heavy atom. The number of nitrogens with one attached hydrogen (secondary N) is 3. The normalized spacial score (nSPS) is 16.2. The molecule has 0 aliphatic carbocycles. The number of esters is 1. The number of ether oxygens (including phenoxy) is 3. The molecule has 0 bridgehead atoms. The molecule has 2 amide bonds. The van der Waals surface area contributed by atoms with Gasteiger partial charge in [-0.3, -0.25) is 5.43 Å². The van der Waals surface area contributed by atoms with Gasteiger partial charge in [-0.25, -0.2) is 9.59 Å². The van der Waals surface area contributed by atoms with E-state index in [4.69, 9.17) is 14.2 Å². The molecule has 0 spiro atoms. The molecule has 2 aromatic carbocycles. The first kappa shape index (κ1) is 28.5. The van der Waals surface area contributed by atoms with E-state index in [1.165, 1.54) is 7.11 Å². The van der Waals surface area contributed by atoms with Crippen LogP contribution >= 0.6 is 0 Å². The predicted octanol–water partition coefficient (Wildman–Crippen LogP) is 3.74. The molecule has 0 saturated heterocycles. The number of methoxy groups -OCH3 is 1. The summed E-state index contributed by atoms with van der Waals surface area (Å²) in [6.07, 6.45) is 2.61. The van der Waals surface area contributed by atoms with Crippen LogP contribution in [0.3, 0.4) is 0 Å². The number of hydrogen-bond acceptors (Lipinski definition) is 8. The molecule has 0 fully saturated rings. The molecule has 11 heteroatoms. The molecule has 0 radical (unpaired) electrons. The van der Waals surface area contributed by atoms with E-state index in [2.05, 4.69) is 45.6 Å². The minimum atomic E-state index is -1.09. The second-order valence-electron chi connectivity index (χ2n) is 9.52. The summed E-state index contributed by atoms with van der Waals surface area (Å²) in [5.74, 6) is 0.222. The van der Waals surface area contributed by atoms with Gasteiger partial charge >= 0.3 is 12.0 Å². The van der Waals surface area contributed by atoms with Crippen LogP contribution in [0, 0.1) is 0 Å². The maximum Gasteiger partial charge on any atom is 0.337 e. The zero-order valence-electron chi connectivity index (χ0n) is 23.2. The first-order valence-corrected chi connectivity index (χ1v) is 13.1. The first-order valence-electron chi connectivity index (χ1n) is 13.1. The number of amides is 2. The Morgan fingerprint density at radius 2 is 1.98 bits per heavy atom. The van der Waals surface area contributed by atoms with Crippen LogP contribution in [0.15, 0.2) is 65.0 Å². The van der Waals surface area contributed by atoms with Crippen molar-refractivity contribution in [1.29, 1.82) is 0 Å². The van der Waals surface area contributed by atoms with Crippen molar-refractivity contribution in [3.05, 3.63) is 71.1 Å². The van der Waals surface area contributed by atoms with E-state index in [1.807, 2.05) is 31.3 Å². The van der Waals surface area contributed by atoms with Gasteiger partial charge in [-0.05, 0) is 51.5 Å². The summed E-state index contributed by atoms with van der Waals surface area (Å²) >= 11 is 0. The van der Waals surface area contributed by atoms with Crippen molar-refractivity contribution in [3.63, 3.8) is 0 Å². The molecule has 1 aliphatic rings. The topological polar surface area (TPSA) is 135 Å². The second kappa shape index (κ2) is 12.6. The minimum absolute atomic E-state index is 0.110. The Hall–Kier alpha value is -4.51. The maximum absolute atomic E-state index is 12.4. The summed E-state index contributed by atoms with van der Waals surface area (Å²) in [5.41, 5.74) is 6.03. The third kappa shape index (κ3) is 6.20. The van der Waals surface area contributed by atoms with Crippen LogP contribution in [0.1, 0.15) is 50.9 Å². The van der Waals surface area contributed by atoms with E-state index in [0.717, 1.165) is 16.5 Å². The van der Waals surface area contributed by atoms with Crippen molar-refractivity contribution in [3.8, 4) is 11.5 Å². The molecule has 0 unspecified atom stereocenters. The number of para-hydroxylation sites is 1. The van der Waals surface area contributed by atoms with Gasteiger partial charge in [-0.2, -0.15) is 5.10 Å². The molecule has 3 aromatic rings. The number of aliphatic hydroxyl groups excluding tert-OH is 1. The summed E-state index contributed by atoms with van der Waals surface area (Å²) in [4.78, 5) is 24.5. The molecule has 4 N–H and O–H groups in total. The maximum atomic E-state index is 12.4. The monoisotopic (exact) mass is 549 g/mol. The van der Waals surface area contributed by atoms with Crippen LogP contribution < -0.4 is 25.5 Å². The highest BCUT2D eigenvalue weighted by atomic mass is 16.5. The Morgan fingerprint density at radius 3 is 2.70 bits per heavy atom. The number of nitrogens with zero attached hydrogens (tertiary/aromatic N) is 2. The van der Waals surface area contributed by atoms with Gasteiger partial charge in [0.25, 0.3) is 0 Å². The number of benzene rings is 2. The molecule has 1 aromatic heterocycles. The molecular formula is C29H35N5O6. The highest BCUT2D eigenvalue weighted by Gasteiger charge is 2.32. The third-order valence-corrected chi connectivity index (χ3v) is 6.43. The van der Waals surface area contributed by atoms with Crippen molar-refractivity contribution in [1.82, 2.24) is 20.6 Å². The number of fused-ring (bicyclic) bond motifs is 1.